The van der Waals surface area contributed by atoms with Gasteiger partial charge in [-0.1, -0.05) is 24.3 Å². The van der Waals surface area contributed by atoms with E-state index in [0.29, 0.717) is 17.4 Å². The Hall–Kier alpha value is -3.72. The minimum Gasteiger partial charge on any atom is -0.367 e. The van der Waals surface area contributed by atoms with Gasteiger partial charge in [-0.15, -0.1) is 5.10 Å². The van der Waals surface area contributed by atoms with Gasteiger partial charge in [0.2, 0.25) is 0 Å². The van der Waals surface area contributed by atoms with Crippen LogP contribution in [-0.2, 0) is 6.42 Å². The highest BCUT2D eigenvalue weighted by molar-refractivity contribution is 5.96. The average Bonchev–Trinajstić information content (AvgIpc) is 3.39. The second-order valence-electron chi connectivity index (χ2n) is 10.1. The normalized spacial score (nSPS) is 14.9. The number of rotatable bonds is 9. The zero-order chi connectivity index (χ0) is 25.8. The summed E-state index contributed by atoms with van der Waals surface area (Å²) in [5, 5.41) is 13.8. The maximum absolute atomic E-state index is 13.0. The summed E-state index contributed by atoms with van der Waals surface area (Å²) in [6.45, 7) is 9.62. The van der Waals surface area contributed by atoms with Gasteiger partial charge in [-0.25, -0.2) is 9.67 Å². The first-order valence-corrected chi connectivity index (χ1v) is 13.1. The Morgan fingerprint density at radius 1 is 1.11 bits per heavy atom. The molecule has 1 aliphatic rings. The minimum atomic E-state index is -0.0731. The van der Waals surface area contributed by atoms with Crippen molar-refractivity contribution in [3.05, 3.63) is 60.4 Å². The molecule has 4 aromatic rings. The molecule has 9 nitrogen and oxygen atoms in total. The third kappa shape index (κ3) is 5.99. The van der Waals surface area contributed by atoms with Gasteiger partial charge in [-0.3, -0.25) is 14.8 Å². The quantitative estimate of drug-likeness (QED) is 0.335. The lowest BCUT2D eigenvalue weighted by molar-refractivity contribution is 0.0987. The second-order valence-corrected chi connectivity index (χ2v) is 10.1. The number of carbonyl (C=O) groups excluding carboxylic acids is 1. The number of carbonyl (C=O) groups is 1. The summed E-state index contributed by atoms with van der Waals surface area (Å²) in [5.74, 6) is 0.671. The molecular weight excluding hydrogens is 464 g/mol. The van der Waals surface area contributed by atoms with Crippen molar-refractivity contribution < 1.29 is 4.79 Å². The molecule has 3 aromatic heterocycles. The molecule has 1 fully saturated rings. The lowest BCUT2D eigenvalue weighted by Gasteiger charge is -2.31. The Morgan fingerprint density at radius 2 is 1.95 bits per heavy atom. The van der Waals surface area contributed by atoms with Gasteiger partial charge in [-0.2, -0.15) is 0 Å². The number of aromatic nitrogens is 6. The maximum Gasteiger partial charge on any atom is 0.190 e. The highest BCUT2D eigenvalue weighted by atomic mass is 16.1. The Labute approximate surface area is 217 Å². The van der Waals surface area contributed by atoms with Gasteiger partial charge in [0.05, 0.1) is 36.7 Å². The highest BCUT2D eigenvalue weighted by Gasteiger charge is 2.22. The monoisotopic (exact) mass is 498 g/mol. The highest BCUT2D eigenvalue weighted by Crippen LogP contribution is 2.25. The van der Waals surface area contributed by atoms with Crippen molar-refractivity contribution in [2.45, 2.75) is 58.5 Å². The van der Waals surface area contributed by atoms with Crippen molar-refractivity contribution in [2.75, 3.05) is 25.0 Å². The van der Waals surface area contributed by atoms with Crippen molar-refractivity contribution in [1.82, 2.24) is 34.8 Å². The molecule has 0 aliphatic carbocycles. The van der Waals surface area contributed by atoms with Crippen LogP contribution in [0.5, 0.6) is 0 Å². The van der Waals surface area contributed by atoms with E-state index in [-0.39, 0.29) is 18.2 Å². The van der Waals surface area contributed by atoms with Crippen LogP contribution < -0.4 is 5.32 Å². The van der Waals surface area contributed by atoms with Gasteiger partial charge < -0.3 is 10.2 Å². The third-order valence-electron chi connectivity index (χ3n) is 6.75. The van der Waals surface area contributed by atoms with E-state index >= 15 is 0 Å². The zero-order valence-electron chi connectivity index (χ0n) is 21.8. The molecule has 0 amide bonds. The van der Waals surface area contributed by atoms with E-state index in [2.05, 4.69) is 57.3 Å². The molecule has 1 N–H and O–H groups in total. The van der Waals surface area contributed by atoms with E-state index in [9.17, 15) is 4.79 Å². The van der Waals surface area contributed by atoms with E-state index in [1.54, 1.807) is 18.6 Å². The summed E-state index contributed by atoms with van der Waals surface area (Å²) in [4.78, 5) is 29.0. The smallest absolute Gasteiger partial charge is 0.190 e. The average molecular weight is 499 g/mol. The molecule has 37 heavy (non-hydrogen) atoms. The molecule has 0 saturated carbocycles. The van der Waals surface area contributed by atoms with Crippen molar-refractivity contribution in [1.29, 1.82) is 0 Å². The lowest BCUT2D eigenvalue weighted by atomic mass is 10.0. The summed E-state index contributed by atoms with van der Waals surface area (Å²) < 4.78 is 1.87. The minimum absolute atomic E-state index is 0.0731. The predicted molar refractivity (Wildman–Crippen MR) is 145 cm³/mol. The predicted octanol–water partition coefficient (Wildman–Crippen LogP) is 4.58. The SMILES string of the molecule is CCCN1CCC(n2cc(C(=O)Cc3cc4cc(-c5cncc(NC(C)C)n5)ccc4cn3)nn2)CC1. The van der Waals surface area contributed by atoms with Crippen molar-refractivity contribution in [3.8, 4) is 11.3 Å². The van der Waals surface area contributed by atoms with Crippen LogP contribution in [-0.4, -0.2) is 66.3 Å². The number of piperidine rings is 1. The van der Waals surface area contributed by atoms with Gasteiger partial charge in [0, 0.05) is 42.0 Å². The number of hydrogen-bond acceptors (Lipinski definition) is 8. The molecule has 0 atom stereocenters. The van der Waals surface area contributed by atoms with Crippen LogP contribution in [0.4, 0.5) is 5.82 Å². The molecule has 4 heterocycles. The van der Waals surface area contributed by atoms with Crippen LogP contribution >= 0.6 is 0 Å². The van der Waals surface area contributed by atoms with Crippen LogP contribution in [0.25, 0.3) is 22.0 Å². The molecule has 0 bridgehead atoms. The number of ketones is 1. The van der Waals surface area contributed by atoms with Crippen molar-refractivity contribution >= 4 is 22.4 Å². The van der Waals surface area contributed by atoms with E-state index < -0.39 is 0 Å². The number of hydrogen-bond donors (Lipinski definition) is 1. The van der Waals surface area contributed by atoms with Crippen LogP contribution in [0, 0.1) is 0 Å². The largest absolute Gasteiger partial charge is 0.367 e. The first-order chi connectivity index (χ1) is 18.0. The number of likely N-dealkylation sites (tertiary alicyclic amines) is 1. The van der Waals surface area contributed by atoms with E-state index in [4.69, 9.17) is 4.98 Å². The lowest BCUT2D eigenvalue weighted by Crippen LogP contribution is -2.35. The van der Waals surface area contributed by atoms with Crippen LogP contribution in [0.3, 0.4) is 0 Å². The van der Waals surface area contributed by atoms with E-state index in [1.807, 2.05) is 29.1 Å². The first-order valence-electron chi connectivity index (χ1n) is 13.1. The van der Waals surface area contributed by atoms with Crippen LogP contribution in [0.15, 0.2) is 49.1 Å². The molecule has 1 aromatic carbocycles. The summed E-state index contributed by atoms with van der Waals surface area (Å²) in [7, 11) is 0. The fraction of sp³-hybridized carbons (Fsp3) is 0.429. The molecule has 192 valence electrons. The van der Waals surface area contributed by atoms with Gasteiger partial charge in [-0.05, 0) is 57.2 Å². The number of Topliss-reactive ketones (excluding diaryl/α,β-unsaturated/α-hetero) is 1. The maximum atomic E-state index is 13.0. The summed E-state index contributed by atoms with van der Waals surface area (Å²) >= 11 is 0. The molecule has 1 aliphatic heterocycles. The second kappa shape index (κ2) is 11.1. The molecular formula is C28H34N8O. The fourth-order valence-corrected chi connectivity index (χ4v) is 4.87. The Morgan fingerprint density at radius 3 is 2.73 bits per heavy atom. The van der Waals surface area contributed by atoms with Crippen LogP contribution in [0.2, 0.25) is 0 Å². The van der Waals surface area contributed by atoms with Crippen LogP contribution in [0.1, 0.15) is 62.3 Å². The van der Waals surface area contributed by atoms with Gasteiger partial charge in [0.1, 0.15) is 11.5 Å². The number of nitrogens with one attached hydrogen (secondary N) is 1. The number of anilines is 1. The molecule has 0 unspecified atom stereocenters. The molecule has 0 spiro atoms. The van der Waals surface area contributed by atoms with Gasteiger partial charge in [0.25, 0.3) is 0 Å². The third-order valence-corrected chi connectivity index (χ3v) is 6.75. The standard InChI is InChI=1S/C28H34N8O/c1-4-9-35-10-7-24(8-11-35)36-18-26(33-34-36)27(37)14-23-13-22-12-20(5-6-21(22)15-30-23)25-16-29-17-28(32-25)31-19(2)3/h5-6,12-13,15-19,24H,4,7-11,14H2,1-3H3,(H,31,32). The Balaban J connectivity index is 1.28. The first kappa shape index (κ1) is 25.0. The number of nitrogens with zero attached hydrogens (tertiary/aromatic N) is 7. The Kier molecular flexibility index (Phi) is 7.50. The summed E-state index contributed by atoms with van der Waals surface area (Å²) in [5.41, 5.74) is 2.86. The molecule has 5 rings (SSSR count). The van der Waals surface area contributed by atoms with E-state index in [1.165, 1.54) is 6.42 Å². The zero-order valence-corrected chi connectivity index (χ0v) is 21.8. The number of fused-ring (bicyclic) bond motifs is 1. The molecule has 9 heteroatoms. The number of benzene rings is 1. The Bertz CT molecular complexity index is 1370. The van der Waals surface area contributed by atoms with Crippen molar-refractivity contribution in [3.63, 3.8) is 0 Å². The number of pyridine rings is 1. The van der Waals surface area contributed by atoms with Gasteiger partial charge in [0.15, 0.2) is 5.78 Å². The molecule has 1 saturated heterocycles. The summed E-state index contributed by atoms with van der Waals surface area (Å²) in [6, 6.07) is 8.64. The topological polar surface area (TPSA) is 102 Å². The van der Waals surface area contributed by atoms with Gasteiger partial charge >= 0.3 is 0 Å². The summed E-state index contributed by atoms with van der Waals surface area (Å²) in [6.07, 6.45) is 10.5. The molecule has 0 radical (unpaired) electrons. The van der Waals surface area contributed by atoms with Crippen molar-refractivity contribution in [2.24, 2.45) is 0 Å². The fourth-order valence-electron chi connectivity index (χ4n) is 4.87. The van der Waals surface area contributed by atoms with E-state index in [0.717, 1.165) is 60.3 Å².